The zero-order valence-electron chi connectivity index (χ0n) is 49.9. The summed E-state index contributed by atoms with van der Waals surface area (Å²) < 4.78 is 146. The van der Waals surface area contributed by atoms with Crippen LogP contribution in [0, 0.1) is 18.3 Å². The van der Waals surface area contributed by atoms with Crippen LogP contribution in [0.4, 0.5) is 62.6 Å². The summed E-state index contributed by atoms with van der Waals surface area (Å²) in [5.74, 6) is -6.67. The summed E-state index contributed by atoms with van der Waals surface area (Å²) in [5.41, 5.74) is -2.63. The largest absolute Gasteiger partial charge is 0.495 e. The Labute approximate surface area is 553 Å². The highest BCUT2D eigenvalue weighted by Crippen LogP contribution is 2.47. The van der Waals surface area contributed by atoms with Crippen molar-refractivity contribution in [2.24, 2.45) is 40.9 Å². The number of nitrogens with zero attached hydrogens (tertiary/aromatic N) is 11. The van der Waals surface area contributed by atoms with E-state index in [0.717, 1.165) is 54.9 Å². The first-order chi connectivity index (χ1) is 44.5. The molecule has 0 radical (unpaired) electrons. The topological polar surface area (TPSA) is 521 Å². The summed E-state index contributed by atoms with van der Waals surface area (Å²) in [6, 6.07) is 15.9. The van der Waals surface area contributed by atoms with Gasteiger partial charge in [0.05, 0.1) is 69.8 Å². The predicted molar refractivity (Wildman–Crippen MR) is 348 cm³/mol. The standard InChI is InChI=1S/C54H53ClN14O20S6/c1-27-33(26-56)52-60-50-44(11-12-45(88-5)51(50)95(85,86)87)69(52)53(73)49(27)68-65-41-20-35(57-28(2)70)38(23-46(41)89-13-6-16-92(76,77)78)63-66-42-22-37(59-30(4)72)40(25-48(42)91-15-8-18-94(82,83)84)64-67-43-21-36(58-29(3)71)39(24-47(43)90-14-7-17-93(79,80)81)62-61-31-9-10-34(55)32(19-31)54(74)75/h9-12,19-25,73H,6-8,13-18H2,1-5H3,(H,57,70)(H,58,71)(H,59,72)(H,74,75)(H,76,77,78)(H,79,80,81)(H,82,83,84)(H,85,86,87). The van der Waals surface area contributed by atoms with Gasteiger partial charge in [-0.15, -0.1) is 59.3 Å². The molecule has 0 bridgehead atoms. The zero-order valence-corrected chi connectivity index (χ0v) is 55.5. The van der Waals surface area contributed by atoms with E-state index in [0.29, 0.717) is 0 Å². The highest BCUT2D eigenvalue weighted by atomic mass is 35.5. The lowest BCUT2D eigenvalue weighted by Crippen LogP contribution is -2.09. The van der Waals surface area contributed by atoms with E-state index in [2.05, 4.69) is 61.8 Å². The second-order valence-electron chi connectivity index (χ2n) is 19.8. The van der Waals surface area contributed by atoms with Crippen molar-refractivity contribution >= 4 is 179 Å². The molecule has 0 atom stereocenters. The number of thioether (sulfide) groups is 2. The van der Waals surface area contributed by atoms with Gasteiger partial charge in [0.2, 0.25) is 23.6 Å². The number of halogens is 1. The Kier molecular flexibility index (Phi) is 23.9. The Bertz CT molecular complexity index is 4910. The summed E-state index contributed by atoms with van der Waals surface area (Å²) in [6.07, 6.45) is -0.525. The van der Waals surface area contributed by atoms with Gasteiger partial charge in [-0.2, -0.15) is 44.0 Å². The molecule has 34 nitrogen and oxygen atoms in total. The molecule has 7 rings (SSSR count). The lowest BCUT2D eigenvalue weighted by Gasteiger charge is -2.14. The number of azo groups is 4. The molecule has 0 aliphatic heterocycles. The van der Waals surface area contributed by atoms with E-state index in [1.54, 1.807) is 0 Å². The smallest absolute Gasteiger partial charge is 0.337 e. The maximum absolute atomic E-state index is 12.9. The number of carboxylic acid groups (broad SMARTS) is 1. The number of nitrogens with one attached hydrogen (secondary N) is 3. The molecular weight excluding hydrogens is 1390 g/mol. The van der Waals surface area contributed by atoms with Crippen molar-refractivity contribution in [1.29, 1.82) is 5.26 Å². The highest BCUT2D eigenvalue weighted by molar-refractivity contribution is 7.99. The number of fused-ring (bicyclic) bond motifs is 3. The van der Waals surface area contributed by atoms with Crippen molar-refractivity contribution in [2.75, 3.05) is 58.4 Å². The predicted octanol–water partition coefficient (Wildman–Crippen LogP) is 11.9. The number of imidazole rings is 1. The number of carbonyl (C=O) groups is 4. The molecular formula is C54H53ClN14O20S6. The molecule has 0 aliphatic rings. The van der Waals surface area contributed by atoms with Gasteiger partial charge in [-0.25, -0.2) is 9.78 Å². The minimum atomic E-state index is -5.03. The molecule has 0 unspecified atom stereocenters. The molecule has 0 saturated carbocycles. The molecule has 41 heteroatoms. The van der Waals surface area contributed by atoms with Gasteiger partial charge in [0.25, 0.3) is 40.5 Å². The molecule has 7 aromatic rings. The van der Waals surface area contributed by atoms with Gasteiger partial charge >= 0.3 is 5.97 Å². The van der Waals surface area contributed by atoms with Gasteiger partial charge in [-0.05, 0) is 98.4 Å². The number of benzene rings is 5. The van der Waals surface area contributed by atoms with Crippen molar-refractivity contribution in [1.82, 2.24) is 9.38 Å². The van der Waals surface area contributed by atoms with Crippen molar-refractivity contribution in [3.8, 4) is 23.4 Å². The number of aromatic nitrogens is 2. The zero-order chi connectivity index (χ0) is 69.9. The van der Waals surface area contributed by atoms with Crippen LogP contribution in [-0.4, -0.2) is 138 Å². The SMILES string of the molecule is COc1ccc2c(nc3c(C#N)c(C)c(N=Nc4cc(NC(C)=O)c(N=Nc5cc(NC(C)=O)c(N=Nc6cc(NC(C)=O)c(N=Nc7ccc(Cl)c(C(=O)O)c7)cc6SCCCS(=O)(=O)O)cc5SCCCS(=O)(=O)O)cc4OCCCS(=O)(=O)O)c(O)n32)c1S(=O)(=O)O. The van der Waals surface area contributed by atoms with Crippen LogP contribution < -0.4 is 25.4 Å². The van der Waals surface area contributed by atoms with Crippen molar-refractivity contribution < 1.29 is 90.7 Å². The number of aromatic hydroxyl groups is 1. The third kappa shape index (κ3) is 20.0. The molecule has 2 heterocycles. The monoisotopic (exact) mass is 1440 g/mol. The maximum atomic E-state index is 12.9. The quantitative estimate of drug-likeness (QED) is 0.00910. The van der Waals surface area contributed by atoms with E-state index in [-0.39, 0.29) is 142 Å². The summed E-state index contributed by atoms with van der Waals surface area (Å²) in [6.45, 7) is 4.38. The number of carbonyl (C=O) groups excluding carboxylic acids is 3. The molecule has 9 N–H and O–H groups in total. The average molecular weight is 1450 g/mol. The number of methoxy groups -OCH3 is 1. The molecule has 5 aromatic carbocycles. The minimum Gasteiger partial charge on any atom is -0.495 e. The molecule has 2 aromatic heterocycles. The van der Waals surface area contributed by atoms with Crippen LogP contribution in [0.5, 0.6) is 17.4 Å². The summed E-state index contributed by atoms with van der Waals surface area (Å²) >= 11 is 8.02. The third-order valence-electron chi connectivity index (χ3n) is 12.5. The molecule has 0 spiro atoms. The lowest BCUT2D eigenvalue weighted by molar-refractivity contribution is -0.115. The second-order valence-corrected chi connectivity index (χ2v) is 28.5. The Morgan fingerprint density at radius 1 is 0.632 bits per heavy atom. The van der Waals surface area contributed by atoms with Gasteiger partial charge in [-0.3, -0.25) is 37.0 Å². The molecule has 95 heavy (non-hydrogen) atoms. The first-order valence-electron chi connectivity index (χ1n) is 27.0. The first-order valence-corrected chi connectivity index (χ1v) is 35.6. The molecule has 0 fully saturated rings. The van der Waals surface area contributed by atoms with Gasteiger partial charge in [0, 0.05) is 42.2 Å². The summed E-state index contributed by atoms with van der Waals surface area (Å²) in [5, 5.41) is 74.1. The first kappa shape index (κ1) is 73.3. The van der Waals surface area contributed by atoms with E-state index in [9.17, 15) is 86.5 Å². The van der Waals surface area contributed by atoms with Crippen LogP contribution in [0.15, 0.2) is 122 Å². The normalized spacial score (nSPS) is 12.3. The molecule has 0 aliphatic carbocycles. The Balaban J connectivity index is 1.39. The number of amides is 3. The number of pyridine rings is 1. The number of aromatic carboxylic acids is 1. The Morgan fingerprint density at radius 2 is 1.11 bits per heavy atom. The van der Waals surface area contributed by atoms with Crippen LogP contribution in [0.3, 0.4) is 0 Å². The number of ether oxygens (including phenoxy) is 2. The minimum absolute atomic E-state index is 0.00131. The maximum Gasteiger partial charge on any atom is 0.337 e. The second kappa shape index (κ2) is 30.9. The van der Waals surface area contributed by atoms with Crippen LogP contribution in [0.25, 0.3) is 16.7 Å². The number of rotatable bonds is 29. The Morgan fingerprint density at radius 3 is 1.58 bits per heavy atom. The van der Waals surface area contributed by atoms with E-state index >= 15 is 0 Å². The molecule has 502 valence electrons. The fraction of sp³-hybridized carbons (Fsp3) is 0.259. The van der Waals surface area contributed by atoms with Crippen LogP contribution >= 0.6 is 35.1 Å². The fourth-order valence-corrected chi connectivity index (χ4v) is 13.3. The fourth-order valence-electron chi connectivity index (χ4n) is 8.52. The van der Waals surface area contributed by atoms with E-state index in [4.69, 9.17) is 21.1 Å². The van der Waals surface area contributed by atoms with Gasteiger partial charge < -0.3 is 35.6 Å². The average Bonchev–Trinajstić information content (AvgIpc) is 1.58. The van der Waals surface area contributed by atoms with E-state index < -0.39 is 110 Å². The molecule has 3 amide bonds. The van der Waals surface area contributed by atoms with Crippen LogP contribution in [-0.2, 0) is 54.9 Å². The number of carboxylic acids is 1. The summed E-state index contributed by atoms with van der Waals surface area (Å²) in [4.78, 5) is 54.0. The lowest BCUT2D eigenvalue weighted by atomic mass is 10.1. The Hall–Kier alpha value is -9.15. The number of anilines is 3. The number of hydrogen-bond acceptors (Lipinski definition) is 27. The number of nitriles is 1. The van der Waals surface area contributed by atoms with Gasteiger partial charge in [0.1, 0.15) is 62.8 Å². The molecule has 0 saturated heterocycles. The summed E-state index contributed by atoms with van der Waals surface area (Å²) in [7, 11) is -17.3. The van der Waals surface area contributed by atoms with E-state index in [1.807, 2.05) is 6.07 Å². The van der Waals surface area contributed by atoms with Crippen LogP contribution in [0.2, 0.25) is 5.02 Å². The van der Waals surface area contributed by atoms with Gasteiger partial charge in [-0.1, -0.05) is 11.6 Å². The van der Waals surface area contributed by atoms with Crippen molar-refractivity contribution in [3.63, 3.8) is 0 Å². The van der Waals surface area contributed by atoms with Gasteiger partial charge in [0.15, 0.2) is 16.2 Å². The highest BCUT2D eigenvalue weighted by Gasteiger charge is 2.29. The van der Waals surface area contributed by atoms with E-state index in [1.165, 1.54) is 74.5 Å². The third-order valence-corrected chi connectivity index (χ3v) is 18.4. The van der Waals surface area contributed by atoms with Crippen molar-refractivity contribution in [3.05, 3.63) is 88.4 Å². The van der Waals surface area contributed by atoms with Crippen molar-refractivity contribution in [2.45, 2.75) is 61.6 Å². The van der Waals surface area contributed by atoms with Crippen LogP contribution in [0.1, 0.15) is 61.5 Å². The number of hydrogen-bond donors (Lipinski definition) is 9.